The molecule has 0 saturated carbocycles. The van der Waals surface area contributed by atoms with Gasteiger partial charge in [-0.3, -0.25) is 9.59 Å². The first kappa shape index (κ1) is 17.3. The van der Waals surface area contributed by atoms with Crippen molar-refractivity contribution in [3.8, 4) is 5.75 Å². The van der Waals surface area contributed by atoms with Crippen molar-refractivity contribution in [3.05, 3.63) is 44.9 Å². The normalized spacial score (nSPS) is 10.9. The molecular formula is C18H21NO3S. The van der Waals surface area contributed by atoms with E-state index in [1.54, 1.807) is 19.2 Å². The van der Waals surface area contributed by atoms with Crippen LogP contribution in [0, 0.1) is 6.92 Å². The molecule has 0 amide bonds. The van der Waals surface area contributed by atoms with Crippen molar-refractivity contribution in [1.29, 1.82) is 0 Å². The zero-order chi connectivity index (χ0) is 17.1. The van der Waals surface area contributed by atoms with Crippen molar-refractivity contribution in [2.75, 3.05) is 7.11 Å². The predicted octanol–water partition coefficient (Wildman–Crippen LogP) is 4.21. The lowest BCUT2D eigenvalue weighted by Gasteiger charge is -2.13. The molecule has 0 aliphatic rings. The third-order valence-corrected chi connectivity index (χ3v) is 4.74. The number of Topliss-reactive ketones (excluding diaryl/α,β-unsaturated/α-hetero) is 2. The van der Waals surface area contributed by atoms with Crippen LogP contribution in [0.1, 0.15) is 63.7 Å². The Kier molecular flexibility index (Phi) is 5.31. The fourth-order valence-electron chi connectivity index (χ4n) is 2.43. The molecule has 0 unspecified atom stereocenters. The third kappa shape index (κ3) is 3.67. The first-order valence-electron chi connectivity index (χ1n) is 7.51. The number of carbonyl (C=O) groups is 2. The zero-order valence-electron chi connectivity index (χ0n) is 14.1. The predicted molar refractivity (Wildman–Crippen MR) is 92.0 cm³/mol. The van der Waals surface area contributed by atoms with Crippen LogP contribution in [0.15, 0.2) is 17.5 Å². The largest absolute Gasteiger partial charge is 0.496 e. The minimum atomic E-state index is -0.0687. The van der Waals surface area contributed by atoms with Gasteiger partial charge in [0.1, 0.15) is 5.75 Å². The van der Waals surface area contributed by atoms with E-state index >= 15 is 0 Å². The molecule has 0 radical (unpaired) electrons. The number of hydrogen-bond donors (Lipinski definition) is 0. The molecule has 0 aliphatic carbocycles. The Morgan fingerprint density at radius 1 is 1.30 bits per heavy atom. The molecule has 122 valence electrons. The summed E-state index contributed by atoms with van der Waals surface area (Å²) in [5.41, 5.74) is 3.04. The zero-order valence-corrected chi connectivity index (χ0v) is 14.9. The smallest absolute Gasteiger partial charge is 0.195 e. The topological polar surface area (TPSA) is 56.3 Å². The van der Waals surface area contributed by atoms with Gasteiger partial charge in [-0.05, 0) is 43.0 Å². The fourth-order valence-corrected chi connectivity index (χ4v) is 3.35. The van der Waals surface area contributed by atoms with Gasteiger partial charge in [-0.1, -0.05) is 13.8 Å². The quantitative estimate of drug-likeness (QED) is 0.744. The highest BCUT2D eigenvalue weighted by molar-refractivity contribution is 7.11. The Morgan fingerprint density at radius 2 is 2.00 bits per heavy atom. The number of benzene rings is 1. The molecule has 1 heterocycles. The van der Waals surface area contributed by atoms with Gasteiger partial charge in [-0.15, -0.1) is 11.3 Å². The fraction of sp³-hybridized carbons (Fsp3) is 0.389. The van der Waals surface area contributed by atoms with Gasteiger partial charge in [-0.2, -0.15) is 0 Å². The third-order valence-electron chi connectivity index (χ3n) is 3.84. The summed E-state index contributed by atoms with van der Waals surface area (Å²) in [6.07, 6.45) is 0.156. The number of thiazole rings is 1. The van der Waals surface area contributed by atoms with Crippen LogP contribution in [0.25, 0.3) is 0 Å². The van der Waals surface area contributed by atoms with Crippen molar-refractivity contribution in [3.63, 3.8) is 0 Å². The summed E-state index contributed by atoms with van der Waals surface area (Å²) >= 11 is 1.36. The van der Waals surface area contributed by atoms with Gasteiger partial charge in [0.25, 0.3) is 0 Å². The van der Waals surface area contributed by atoms with Gasteiger partial charge < -0.3 is 4.74 Å². The summed E-state index contributed by atoms with van der Waals surface area (Å²) in [6.45, 7) is 7.47. The van der Waals surface area contributed by atoms with Crippen LogP contribution in [0.2, 0.25) is 0 Å². The molecule has 1 aromatic carbocycles. The molecule has 2 aromatic rings. The Morgan fingerprint density at radius 3 is 2.52 bits per heavy atom. The van der Waals surface area contributed by atoms with E-state index in [1.807, 2.05) is 26.2 Å². The summed E-state index contributed by atoms with van der Waals surface area (Å²) in [5, 5.41) is 2.41. The van der Waals surface area contributed by atoms with Gasteiger partial charge >= 0.3 is 0 Å². The lowest BCUT2D eigenvalue weighted by Crippen LogP contribution is -2.10. The molecule has 1 aromatic heterocycles. The first-order valence-corrected chi connectivity index (χ1v) is 8.39. The van der Waals surface area contributed by atoms with Crippen molar-refractivity contribution in [2.24, 2.45) is 0 Å². The van der Waals surface area contributed by atoms with Gasteiger partial charge in [-0.25, -0.2) is 4.98 Å². The standard InChI is InChI=1S/C18H21NO3S/c1-10(2)15-9-23-18(19-15)16(21)8-14-11(3)17(22-5)7-6-13(14)12(4)20/h6-7,9-10H,8H2,1-5H3. The summed E-state index contributed by atoms with van der Waals surface area (Å²) in [6, 6.07) is 3.48. The molecule has 2 rings (SSSR count). The van der Waals surface area contributed by atoms with Crippen LogP contribution in [0.5, 0.6) is 5.75 Å². The molecule has 0 aliphatic heterocycles. The van der Waals surface area contributed by atoms with E-state index in [0.29, 0.717) is 22.2 Å². The molecule has 0 atom stereocenters. The number of ether oxygens (including phenoxy) is 1. The molecule has 0 N–H and O–H groups in total. The van der Waals surface area contributed by atoms with E-state index in [2.05, 4.69) is 4.98 Å². The van der Waals surface area contributed by atoms with Crippen LogP contribution >= 0.6 is 11.3 Å². The summed E-state index contributed by atoms with van der Waals surface area (Å²) in [5.74, 6) is 0.847. The Bertz CT molecular complexity index is 747. The summed E-state index contributed by atoms with van der Waals surface area (Å²) < 4.78 is 5.31. The van der Waals surface area contributed by atoms with E-state index in [4.69, 9.17) is 4.74 Å². The van der Waals surface area contributed by atoms with Crippen molar-refractivity contribution in [1.82, 2.24) is 4.98 Å². The van der Waals surface area contributed by atoms with Gasteiger partial charge in [0.2, 0.25) is 0 Å². The second kappa shape index (κ2) is 7.04. The van der Waals surface area contributed by atoms with Crippen LogP contribution < -0.4 is 4.74 Å². The van der Waals surface area contributed by atoms with Crippen molar-refractivity contribution in [2.45, 2.75) is 40.0 Å². The molecule has 23 heavy (non-hydrogen) atoms. The highest BCUT2D eigenvalue weighted by atomic mass is 32.1. The highest BCUT2D eigenvalue weighted by Crippen LogP contribution is 2.27. The monoisotopic (exact) mass is 331 g/mol. The first-order chi connectivity index (χ1) is 10.8. The molecular weight excluding hydrogens is 310 g/mol. The Balaban J connectivity index is 2.37. The number of aromatic nitrogens is 1. The van der Waals surface area contributed by atoms with E-state index in [1.165, 1.54) is 18.3 Å². The second-order valence-electron chi connectivity index (χ2n) is 5.81. The Hall–Kier alpha value is -2.01. The maximum atomic E-state index is 12.6. The lowest BCUT2D eigenvalue weighted by molar-refractivity contribution is 0.0991. The van der Waals surface area contributed by atoms with Gasteiger partial charge in [0.05, 0.1) is 12.8 Å². The number of nitrogens with zero attached hydrogens (tertiary/aromatic N) is 1. The minimum Gasteiger partial charge on any atom is -0.496 e. The van der Waals surface area contributed by atoms with Gasteiger partial charge in [0.15, 0.2) is 16.6 Å². The maximum Gasteiger partial charge on any atom is 0.195 e. The number of ketones is 2. The Labute approximate surface area is 140 Å². The average Bonchev–Trinajstić information content (AvgIpc) is 2.99. The van der Waals surface area contributed by atoms with Crippen LogP contribution in [0.4, 0.5) is 0 Å². The van der Waals surface area contributed by atoms with Crippen LogP contribution in [-0.2, 0) is 6.42 Å². The van der Waals surface area contributed by atoms with Crippen LogP contribution in [-0.4, -0.2) is 23.7 Å². The molecule has 5 heteroatoms. The van der Waals surface area contributed by atoms with E-state index in [9.17, 15) is 9.59 Å². The number of hydrogen-bond acceptors (Lipinski definition) is 5. The van der Waals surface area contributed by atoms with E-state index in [0.717, 1.165) is 16.8 Å². The molecule has 4 nitrogen and oxygen atoms in total. The molecule has 0 bridgehead atoms. The van der Waals surface area contributed by atoms with Gasteiger partial charge in [0, 0.05) is 17.4 Å². The molecule has 0 saturated heterocycles. The lowest BCUT2D eigenvalue weighted by atomic mass is 9.94. The number of methoxy groups -OCH3 is 1. The summed E-state index contributed by atoms with van der Waals surface area (Å²) in [4.78, 5) is 28.8. The molecule has 0 spiro atoms. The second-order valence-corrected chi connectivity index (χ2v) is 6.67. The average molecular weight is 331 g/mol. The molecule has 0 fully saturated rings. The van der Waals surface area contributed by atoms with Crippen molar-refractivity contribution < 1.29 is 14.3 Å². The SMILES string of the molecule is COc1ccc(C(C)=O)c(CC(=O)c2nc(C(C)C)cs2)c1C. The maximum absolute atomic E-state index is 12.6. The highest BCUT2D eigenvalue weighted by Gasteiger charge is 2.19. The van der Waals surface area contributed by atoms with Crippen LogP contribution in [0.3, 0.4) is 0 Å². The van der Waals surface area contributed by atoms with Crippen molar-refractivity contribution >= 4 is 22.9 Å². The minimum absolute atomic E-state index is 0.0550. The number of carbonyl (C=O) groups excluding carboxylic acids is 2. The number of rotatable bonds is 6. The van der Waals surface area contributed by atoms with E-state index < -0.39 is 0 Å². The van der Waals surface area contributed by atoms with E-state index in [-0.39, 0.29) is 18.0 Å². The summed E-state index contributed by atoms with van der Waals surface area (Å²) in [7, 11) is 1.58.